The van der Waals surface area contributed by atoms with Gasteiger partial charge in [-0.15, -0.1) is 0 Å². The second-order valence-corrected chi connectivity index (χ2v) is 5.74. The van der Waals surface area contributed by atoms with Gasteiger partial charge >= 0.3 is 0 Å². The molecule has 0 bridgehead atoms. The molecule has 6 nitrogen and oxygen atoms in total. The van der Waals surface area contributed by atoms with Gasteiger partial charge in [0.15, 0.2) is 0 Å². The first-order valence-electron chi connectivity index (χ1n) is 7.47. The van der Waals surface area contributed by atoms with E-state index in [1.807, 2.05) is 41.6 Å². The van der Waals surface area contributed by atoms with E-state index in [1.54, 1.807) is 4.90 Å². The van der Waals surface area contributed by atoms with E-state index in [-0.39, 0.29) is 5.91 Å². The Kier molecular flexibility index (Phi) is 3.83. The highest BCUT2D eigenvalue weighted by Gasteiger charge is 2.20. The zero-order valence-electron chi connectivity index (χ0n) is 13.0. The lowest BCUT2D eigenvalue weighted by Crippen LogP contribution is -2.48. The molecular weight excluding hydrogens is 280 g/mol. The molecule has 0 saturated carbocycles. The first kappa shape index (κ1) is 14.6. The summed E-state index contributed by atoms with van der Waals surface area (Å²) in [5.74, 6) is 1.07. The second kappa shape index (κ2) is 5.79. The molecule has 6 heteroatoms. The molecule has 116 valence electrons. The Labute approximate surface area is 129 Å². The summed E-state index contributed by atoms with van der Waals surface area (Å²) < 4.78 is 2.04. The van der Waals surface area contributed by atoms with Gasteiger partial charge < -0.3 is 14.4 Å². The largest absolute Gasteiger partial charge is 0.342 e. The van der Waals surface area contributed by atoms with E-state index in [0.29, 0.717) is 32.6 Å². The molecule has 22 heavy (non-hydrogen) atoms. The number of amides is 2. The Morgan fingerprint density at radius 3 is 2.68 bits per heavy atom. The fraction of sp³-hybridized carbons (Fsp3) is 0.438. The topological polar surface area (TPSA) is 58.4 Å². The molecular formula is C16H20N4O2. The lowest BCUT2D eigenvalue weighted by Gasteiger charge is -2.32. The van der Waals surface area contributed by atoms with E-state index < -0.39 is 0 Å². The number of carbonyl (C=O) groups is 2. The second-order valence-electron chi connectivity index (χ2n) is 5.74. The summed E-state index contributed by atoms with van der Waals surface area (Å²) in [6, 6.07) is 5.99. The third kappa shape index (κ3) is 2.68. The highest BCUT2D eigenvalue weighted by molar-refractivity contribution is 5.82. The van der Waals surface area contributed by atoms with E-state index in [1.165, 1.54) is 0 Å². The summed E-state index contributed by atoms with van der Waals surface area (Å²) in [5, 5.41) is 0. The molecule has 1 fully saturated rings. The van der Waals surface area contributed by atoms with Crippen molar-refractivity contribution in [3.05, 3.63) is 29.6 Å². The van der Waals surface area contributed by atoms with Crippen molar-refractivity contribution < 1.29 is 9.59 Å². The van der Waals surface area contributed by atoms with Gasteiger partial charge in [-0.25, -0.2) is 4.98 Å². The summed E-state index contributed by atoms with van der Waals surface area (Å²) in [6.45, 7) is 4.43. The van der Waals surface area contributed by atoms with Crippen molar-refractivity contribution in [2.75, 3.05) is 26.2 Å². The van der Waals surface area contributed by atoms with Gasteiger partial charge in [-0.2, -0.15) is 0 Å². The molecule has 2 heterocycles. The van der Waals surface area contributed by atoms with Crippen molar-refractivity contribution in [3.8, 4) is 0 Å². The van der Waals surface area contributed by atoms with Crippen LogP contribution in [0, 0.1) is 6.92 Å². The molecule has 0 aliphatic carbocycles. The predicted molar refractivity (Wildman–Crippen MR) is 83.4 cm³/mol. The molecule has 1 saturated heterocycles. The van der Waals surface area contributed by atoms with E-state index in [2.05, 4.69) is 4.98 Å². The smallest absolute Gasteiger partial charge is 0.227 e. The van der Waals surface area contributed by atoms with Gasteiger partial charge in [0.2, 0.25) is 12.3 Å². The average molecular weight is 300 g/mol. The Balaban J connectivity index is 1.70. The summed E-state index contributed by atoms with van der Waals surface area (Å²) in [5.41, 5.74) is 2.98. The summed E-state index contributed by atoms with van der Waals surface area (Å²) >= 11 is 0. The molecule has 0 spiro atoms. The summed E-state index contributed by atoms with van der Waals surface area (Å²) in [6.07, 6.45) is 1.23. The summed E-state index contributed by atoms with van der Waals surface area (Å²) in [7, 11) is 1.99. The number of aromatic nitrogens is 2. The van der Waals surface area contributed by atoms with Crippen molar-refractivity contribution >= 4 is 23.4 Å². The monoisotopic (exact) mass is 300 g/mol. The molecule has 1 aromatic heterocycles. The molecule has 0 N–H and O–H groups in total. The molecule has 1 aliphatic heterocycles. The number of aryl methyl sites for hydroxylation is 2. The van der Waals surface area contributed by atoms with Crippen LogP contribution in [0.4, 0.5) is 0 Å². The molecule has 3 rings (SSSR count). The number of hydrogen-bond acceptors (Lipinski definition) is 3. The van der Waals surface area contributed by atoms with Crippen LogP contribution >= 0.6 is 0 Å². The molecule has 0 unspecified atom stereocenters. The minimum absolute atomic E-state index is 0.109. The number of nitrogens with zero attached hydrogens (tertiary/aromatic N) is 4. The van der Waals surface area contributed by atoms with Crippen molar-refractivity contribution in [2.45, 2.75) is 13.3 Å². The number of imidazole rings is 1. The maximum absolute atomic E-state index is 12.4. The van der Waals surface area contributed by atoms with Crippen molar-refractivity contribution in [1.29, 1.82) is 0 Å². The Bertz CT molecular complexity index is 714. The van der Waals surface area contributed by atoms with Crippen molar-refractivity contribution in [2.24, 2.45) is 7.05 Å². The third-order valence-corrected chi connectivity index (χ3v) is 4.34. The minimum Gasteiger partial charge on any atom is -0.342 e. The average Bonchev–Trinajstić information content (AvgIpc) is 2.81. The van der Waals surface area contributed by atoms with E-state index in [4.69, 9.17) is 0 Å². The highest BCUT2D eigenvalue weighted by atomic mass is 16.2. The van der Waals surface area contributed by atoms with Crippen LogP contribution in [0.3, 0.4) is 0 Å². The molecule has 2 aromatic rings. The van der Waals surface area contributed by atoms with Crippen LogP contribution in [-0.2, 0) is 23.1 Å². The maximum atomic E-state index is 12.4. The van der Waals surface area contributed by atoms with Gasteiger partial charge in [0, 0.05) is 33.2 Å². The van der Waals surface area contributed by atoms with Crippen LogP contribution < -0.4 is 0 Å². The van der Waals surface area contributed by atoms with Crippen molar-refractivity contribution in [3.63, 3.8) is 0 Å². The molecule has 1 aliphatic rings. The molecule has 1 aromatic carbocycles. The van der Waals surface area contributed by atoms with Gasteiger partial charge in [-0.1, -0.05) is 6.07 Å². The van der Waals surface area contributed by atoms with Crippen LogP contribution in [0.25, 0.3) is 11.0 Å². The first-order chi connectivity index (χ1) is 10.6. The number of hydrogen-bond donors (Lipinski definition) is 0. The van der Waals surface area contributed by atoms with Gasteiger partial charge in [0.25, 0.3) is 0 Å². The number of fused-ring (bicyclic) bond motifs is 1. The molecule has 0 atom stereocenters. The standard InChI is InChI=1S/C16H20N4O2/c1-12-17-14-9-13(3-4-15(14)18(12)2)10-16(22)20-7-5-19(11-21)6-8-20/h3-4,9,11H,5-8,10H2,1-2H3. The fourth-order valence-electron chi connectivity index (χ4n) is 2.84. The quantitative estimate of drug-likeness (QED) is 0.785. The van der Waals surface area contributed by atoms with E-state index in [0.717, 1.165) is 28.8 Å². The number of carbonyl (C=O) groups excluding carboxylic acids is 2. The summed E-state index contributed by atoms with van der Waals surface area (Å²) in [4.78, 5) is 31.1. The number of rotatable bonds is 3. The Morgan fingerprint density at radius 2 is 2.00 bits per heavy atom. The zero-order valence-corrected chi connectivity index (χ0v) is 13.0. The predicted octanol–water partition coefficient (Wildman–Crippen LogP) is 0.725. The maximum Gasteiger partial charge on any atom is 0.227 e. The number of piperazine rings is 1. The van der Waals surface area contributed by atoms with E-state index >= 15 is 0 Å². The van der Waals surface area contributed by atoms with Gasteiger partial charge in [-0.3, -0.25) is 9.59 Å². The van der Waals surface area contributed by atoms with Crippen LogP contribution in [0.5, 0.6) is 0 Å². The van der Waals surface area contributed by atoms with Gasteiger partial charge in [0.05, 0.1) is 17.5 Å². The van der Waals surface area contributed by atoms with Crippen LogP contribution in [-0.4, -0.2) is 57.8 Å². The highest BCUT2D eigenvalue weighted by Crippen LogP contribution is 2.17. The van der Waals surface area contributed by atoms with Crippen molar-refractivity contribution in [1.82, 2.24) is 19.4 Å². The lowest BCUT2D eigenvalue weighted by atomic mass is 10.1. The Hall–Kier alpha value is -2.37. The number of benzene rings is 1. The SMILES string of the molecule is Cc1nc2cc(CC(=O)N3CCN(C=O)CC3)ccc2n1C. The Morgan fingerprint density at radius 1 is 1.27 bits per heavy atom. The van der Waals surface area contributed by atoms with Gasteiger partial charge in [-0.05, 0) is 24.6 Å². The minimum atomic E-state index is 0.109. The van der Waals surface area contributed by atoms with Gasteiger partial charge in [0.1, 0.15) is 5.82 Å². The van der Waals surface area contributed by atoms with Crippen LogP contribution in [0.15, 0.2) is 18.2 Å². The van der Waals surface area contributed by atoms with Crippen LogP contribution in [0.2, 0.25) is 0 Å². The molecule has 0 radical (unpaired) electrons. The zero-order chi connectivity index (χ0) is 15.7. The fourth-order valence-corrected chi connectivity index (χ4v) is 2.84. The van der Waals surface area contributed by atoms with E-state index in [9.17, 15) is 9.59 Å². The normalized spacial score (nSPS) is 15.4. The van der Waals surface area contributed by atoms with Crippen LogP contribution in [0.1, 0.15) is 11.4 Å². The lowest BCUT2D eigenvalue weighted by molar-refractivity contribution is -0.134. The third-order valence-electron chi connectivity index (χ3n) is 4.34. The molecule has 2 amide bonds. The first-order valence-corrected chi connectivity index (χ1v) is 7.47.